The monoisotopic (exact) mass is 398 g/mol. The summed E-state index contributed by atoms with van der Waals surface area (Å²) in [4.78, 5) is 12.2. The largest absolute Gasteiger partial charge is 0.497 e. The number of halogens is 3. The van der Waals surface area contributed by atoms with Crippen LogP contribution in [0.2, 0.25) is 15.1 Å². The number of carbonyl (C=O) groups is 1. The van der Waals surface area contributed by atoms with Gasteiger partial charge in [-0.25, -0.2) is 0 Å². The molecule has 0 bridgehead atoms. The Bertz CT molecular complexity index is 917. The average molecular weight is 400 g/mol. The Balaban J connectivity index is 1.69. The summed E-state index contributed by atoms with van der Waals surface area (Å²) in [5, 5.41) is 1.86. The van der Waals surface area contributed by atoms with Crippen LogP contribution in [-0.2, 0) is 11.2 Å². The fourth-order valence-electron chi connectivity index (χ4n) is 2.34. The van der Waals surface area contributed by atoms with E-state index < -0.39 is 0 Å². The number of benzene rings is 2. The summed E-state index contributed by atoms with van der Waals surface area (Å²) in [7, 11) is 1.58. The standard InChI is InChI=1S/C17H13Cl3N2O3/c1-24-11-2-3-12-9(8-25-15(12)7-11)4-16(23)21-22-17-13(19)5-10(18)6-14(17)20/h2-3,5-8,22H,4H2,1H3,(H,21,23). The Morgan fingerprint density at radius 3 is 2.56 bits per heavy atom. The van der Waals surface area contributed by atoms with E-state index in [1.54, 1.807) is 19.4 Å². The van der Waals surface area contributed by atoms with Crippen LogP contribution in [0, 0.1) is 0 Å². The molecule has 0 saturated heterocycles. The zero-order valence-corrected chi connectivity index (χ0v) is 15.3. The molecule has 0 spiro atoms. The molecule has 0 saturated carbocycles. The van der Waals surface area contributed by atoms with Gasteiger partial charge in [0.15, 0.2) is 0 Å². The number of hydrogen-bond acceptors (Lipinski definition) is 4. The second kappa shape index (κ2) is 7.44. The molecular weight excluding hydrogens is 387 g/mol. The summed E-state index contributed by atoms with van der Waals surface area (Å²) >= 11 is 18.0. The molecule has 0 radical (unpaired) electrons. The molecule has 1 heterocycles. The Hall–Kier alpha value is -2.08. The van der Waals surface area contributed by atoms with Crippen LogP contribution < -0.4 is 15.6 Å². The van der Waals surface area contributed by atoms with Crippen LogP contribution in [0.1, 0.15) is 5.56 Å². The summed E-state index contributed by atoms with van der Waals surface area (Å²) in [6.45, 7) is 0. The number of anilines is 1. The first kappa shape index (κ1) is 17.7. The van der Waals surface area contributed by atoms with E-state index in [-0.39, 0.29) is 12.3 Å². The second-order valence-corrected chi connectivity index (χ2v) is 6.47. The summed E-state index contributed by atoms with van der Waals surface area (Å²) in [5.41, 5.74) is 7.06. The highest BCUT2D eigenvalue weighted by molar-refractivity contribution is 6.41. The third-order valence-electron chi connectivity index (χ3n) is 3.55. The number of carbonyl (C=O) groups excluding carboxylic acids is 1. The molecular formula is C17H13Cl3N2O3. The van der Waals surface area contributed by atoms with E-state index in [4.69, 9.17) is 44.0 Å². The maximum Gasteiger partial charge on any atom is 0.242 e. The quantitative estimate of drug-likeness (QED) is 0.587. The van der Waals surface area contributed by atoms with Crippen molar-refractivity contribution in [2.45, 2.75) is 6.42 Å². The summed E-state index contributed by atoms with van der Waals surface area (Å²) in [6.07, 6.45) is 1.67. The average Bonchev–Trinajstić information content (AvgIpc) is 2.95. The van der Waals surface area contributed by atoms with E-state index in [9.17, 15) is 4.79 Å². The predicted molar refractivity (Wildman–Crippen MR) is 99.7 cm³/mol. The number of methoxy groups -OCH3 is 1. The molecule has 5 nitrogen and oxygen atoms in total. The number of hydrazine groups is 1. The van der Waals surface area contributed by atoms with Gasteiger partial charge >= 0.3 is 0 Å². The number of hydrogen-bond donors (Lipinski definition) is 2. The zero-order chi connectivity index (χ0) is 18.0. The highest BCUT2D eigenvalue weighted by atomic mass is 35.5. The topological polar surface area (TPSA) is 63.5 Å². The van der Waals surface area contributed by atoms with Gasteiger partial charge in [-0.2, -0.15) is 0 Å². The second-order valence-electron chi connectivity index (χ2n) is 5.22. The molecule has 1 amide bonds. The van der Waals surface area contributed by atoms with Gasteiger partial charge in [-0.3, -0.25) is 15.6 Å². The van der Waals surface area contributed by atoms with Gasteiger partial charge in [0.1, 0.15) is 11.3 Å². The van der Waals surface area contributed by atoms with Crippen molar-refractivity contribution >= 4 is 57.4 Å². The fraction of sp³-hybridized carbons (Fsp3) is 0.118. The van der Waals surface area contributed by atoms with Gasteiger partial charge in [-0.05, 0) is 24.3 Å². The van der Waals surface area contributed by atoms with Gasteiger partial charge in [0.25, 0.3) is 0 Å². The molecule has 0 atom stereocenters. The van der Waals surface area contributed by atoms with Gasteiger partial charge in [0.2, 0.25) is 5.91 Å². The third kappa shape index (κ3) is 3.95. The van der Waals surface area contributed by atoms with Crippen molar-refractivity contribution < 1.29 is 13.9 Å². The molecule has 2 aromatic carbocycles. The first-order valence-electron chi connectivity index (χ1n) is 7.21. The van der Waals surface area contributed by atoms with Crippen molar-refractivity contribution in [1.29, 1.82) is 0 Å². The van der Waals surface area contributed by atoms with Crippen LogP contribution in [0.4, 0.5) is 5.69 Å². The number of furan rings is 1. The molecule has 3 rings (SSSR count). The number of ether oxygens (including phenoxy) is 1. The molecule has 0 aliphatic carbocycles. The Morgan fingerprint density at radius 1 is 1.16 bits per heavy atom. The number of fused-ring (bicyclic) bond motifs is 1. The van der Waals surface area contributed by atoms with Crippen LogP contribution >= 0.6 is 34.8 Å². The Morgan fingerprint density at radius 2 is 1.88 bits per heavy atom. The lowest BCUT2D eigenvalue weighted by Crippen LogP contribution is -2.30. The molecule has 130 valence electrons. The lowest BCUT2D eigenvalue weighted by molar-refractivity contribution is -0.119. The minimum atomic E-state index is -0.277. The van der Waals surface area contributed by atoms with Gasteiger partial charge in [0.05, 0.1) is 35.5 Å². The first-order chi connectivity index (χ1) is 12.0. The van der Waals surface area contributed by atoms with Crippen LogP contribution in [0.15, 0.2) is 41.0 Å². The van der Waals surface area contributed by atoms with Gasteiger partial charge in [-0.15, -0.1) is 0 Å². The molecule has 0 aliphatic rings. The summed E-state index contributed by atoms with van der Waals surface area (Å²) < 4.78 is 10.6. The molecule has 8 heteroatoms. The maximum absolute atomic E-state index is 12.2. The van der Waals surface area contributed by atoms with Crippen molar-refractivity contribution in [2.24, 2.45) is 0 Å². The van der Waals surface area contributed by atoms with Crippen LogP contribution in [0.25, 0.3) is 11.0 Å². The van der Waals surface area contributed by atoms with Crippen molar-refractivity contribution in [2.75, 3.05) is 12.5 Å². The zero-order valence-electron chi connectivity index (χ0n) is 13.0. The van der Waals surface area contributed by atoms with Crippen molar-refractivity contribution in [3.05, 3.63) is 57.2 Å². The molecule has 1 aromatic heterocycles. The van der Waals surface area contributed by atoms with E-state index in [0.29, 0.717) is 32.1 Å². The van der Waals surface area contributed by atoms with E-state index in [2.05, 4.69) is 10.9 Å². The summed E-state index contributed by atoms with van der Waals surface area (Å²) in [5.74, 6) is 0.409. The molecule has 0 aliphatic heterocycles. The van der Waals surface area contributed by atoms with Crippen LogP contribution in [0.3, 0.4) is 0 Å². The van der Waals surface area contributed by atoms with Gasteiger partial charge in [-0.1, -0.05) is 34.8 Å². The van der Waals surface area contributed by atoms with Crippen LogP contribution in [0.5, 0.6) is 5.75 Å². The number of amides is 1. The van der Waals surface area contributed by atoms with E-state index >= 15 is 0 Å². The number of rotatable bonds is 5. The van der Waals surface area contributed by atoms with E-state index in [1.165, 1.54) is 12.1 Å². The molecule has 0 unspecified atom stereocenters. The van der Waals surface area contributed by atoms with Gasteiger partial charge < -0.3 is 9.15 Å². The van der Waals surface area contributed by atoms with E-state index in [0.717, 1.165) is 10.9 Å². The Labute approximate surface area is 158 Å². The molecule has 3 aromatic rings. The van der Waals surface area contributed by atoms with Crippen molar-refractivity contribution in [1.82, 2.24) is 5.43 Å². The highest BCUT2D eigenvalue weighted by Gasteiger charge is 2.13. The SMILES string of the molecule is COc1ccc2c(CC(=O)NNc3c(Cl)cc(Cl)cc3Cl)coc2c1. The Kier molecular flexibility index (Phi) is 5.27. The summed E-state index contributed by atoms with van der Waals surface area (Å²) in [6, 6.07) is 8.48. The molecule has 2 N–H and O–H groups in total. The van der Waals surface area contributed by atoms with E-state index in [1.807, 2.05) is 12.1 Å². The lowest BCUT2D eigenvalue weighted by atomic mass is 10.1. The smallest absolute Gasteiger partial charge is 0.242 e. The predicted octanol–water partition coefficient (Wildman–Crippen LogP) is 5.09. The normalized spacial score (nSPS) is 10.7. The van der Waals surface area contributed by atoms with Crippen molar-refractivity contribution in [3.63, 3.8) is 0 Å². The molecule has 25 heavy (non-hydrogen) atoms. The van der Waals surface area contributed by atoms with Crippen molar-refractivity contribution in [3.8, 4) is 5.75 Å². The minimum absolute atomic E-state index is 0.120. The maximum atomic E-state index is 12.2. The molecule has 0 fully saturated rings. The lowest BCUT2D eigenvalue weighted by Gasteiger charge is -2.12. The minimum Gasteiger partial charge on any atom is -0.497 e. The highest BCUT2D eigenvalue weighted by Crippen LogP contribution is 2.33. The third-order valence-corrected chi connectivity index (χ3v) is 4.36. The first-order valence-corrected chi connectivity index (χ1v) is 8.35. The fourth-order valence-corrected chi connectivity index (χ4v) is 3.25. The van der Waals surface area contributed by atoms with Crippen LogP contribution in [-0.4, -0.2) is 13.0 Å². The number of nitrogens with one attached hydrogen (secondary N) is 2. The van der Waals surface area contributed by atoms with Gasteiger partial charge in [0, 0.05) is 22.0 Å².